The van der Waals surface area contributed by atoms with Crippen LogP contribution in [0.25, 0.3) is 21.8 Å². The minimum absolute atomic E-state index is 0.259. The molecule has 2 atom stereocenters. The summed E-state index contributed by atoms with van der Waals surface area (Å²) < 4.78 is 15.9. The third-order valence-electron chi connectivity index (χ3n) is 5.56. The number of carbonyl (C=O) groups is 1. The fourth-order valence-electron chi connectivity index (χ4n) is 4.36. The molecule has 4 heterocycles. The summed E-state index contributed by atoms with van der Waals surface area (Å²) in [6, 6.07) is 3.56. The number of piperazine rings is 1. The molecule has 0 spiro atoms. The molecule has 0 unspecified atom stereocenters. The lowest BCUT2D eigenvalue weighted by molar-refractivity contribution is 0.102. The number of carbonyl (C=O) groups excluding carboxylic acids is 1. The van der Waals surface area contributed by atoms with Crippen LogP contribution in [0.2, 0.25) is 0 Å². The summed E-state index contributed by atoms with van der Waals surface area (Å²) in [5, 5.41) is 11.7. The standard InChI is InChI=1S/C22H23FN8O/c1-12-8-31(9-13(2)27-12)21-16-6-24-11-26-20(16)17(7-25-21)22(32)28-15-4-14-10-30(3)29-19(14)18(23)5-15/h4-7,10-13,27H,8-9H2,1-3H3,(H,28,32)/t12-,13+. The van der Waals surface area contributed by atoms with Crippen LogP contribution in [0.5, 0.6) is 0 Å². The van der Waals surface area contributed by atoms with Crippen molar-refractivity contribution in [2.75, 3.05) is 23.3 Å². The predicted octanol–water partition coefficient (Wildman–Crippen LogP) is 2.49. The smallest absolute Gasteiger partial charge is 0.259 e. The molecule has 0 aliphatic carbocycles. The van der Waals surface area contributed by atoms with Crippen LogP contribution < -0.4 is 15.5 Å². The Bertz CT molecular complexity index is 1330. The number of nitrogens with zero attached hydrogens (tertiary/aromatic N) is 6. The van der Waals surface area contributed by atoms with E-state index >= 15 is 0 Å². The van der Waals surface area contributed by atoms with Gasteiger partial charge in [0.2, 0.25) is 0 Å². The van der Waals surface area contributed by atoms with E-state index < -0.39 is 11.7 Å². The van der Waals surface area contributed by atoms with Gasteiger partial charge in [-0.15, -0.1) is 0 Å². The highest BCUT2D eigenvalue weighted by Crippen LogP contribution is 2.28. The first-order chi connectivity index (χ1) is 15.4. The van der Waals surface area contributed by atoms with Crippen LogP contribution in [-0.2, 0) is 7.05 Å². The second kappa shape index (κ2) is 7.79. The Hall–Kier alpha value is -3.66. The van der Waals surface area contributed by atoms with Gasteiger partial charge in [0.1, 0.15) is 17.7 Å². The molecular weight excluding hydrogens is 411 g/mol. The highest BCUT2D eigenvalue weighted by atomic mass is 19.1. The van der Waals surface area contributed by atoms with Crippen molar-refractivity contribution < 1.29 is 9.18 Å². The second-order valence-corrected chi connectivity index (χ2v) is 8.31. The average Bonchev–Trinajstić information content (AvgIpc) is 3.13. The van der Waals surface area contributed by atoms with Gasteiger partial charge in [-0.2, -0.15) is 5.10 Å². The minimum Gasteiger partial charge on any atom is -0.353 e. The number of fused-ring (bicyclic) bond motifs is 2. The van der Waals surface area contributed by atoms with Crippen molar-refractivity contribution >= 4 is 39.2 Å². The summed E-state index contributed by atoms with van der Waals surface area (Å²) in [7, 11) is 1.72. The Balaban J connectivity index is 1.50. The van der Waals surface area contributed by atoms with Crippen LogP contribution in [0.3, 0.4) is 0 Å². The average molecular weight is 434 g/mol. The van der Waals surface area contributed by atoms with Gasteiger partial charge in [0.25, 0.3) is 5.91 Å². The lowest BCUT2D eigenvalue weighted by Gasteiger charge is -2.37. The minimum atomic E-state index is -0.499. The van der Waals surface area contributed by atoms with Gasteiger partial charge in [-0.25, -0.2) is 19.3 Å². The molecule has 0 saturated carbocycles. The summed E-state index contributed by atoms with van der Waals surface area (Å²) >= 11 is 0. The van der Waals surface area contributed by atoms with Crippen LogP contribution in [0.1, 0.15) is 24.2 Å². The number of pyridine rings is 1. The maximum atomic E-state index is 14.4. The van der Waals surface area contributed by atoms with Gasteiger partial charge < -0.3 is 15.5 Å². The van der Waals surface area contributed by atoms with Crippen LogP contribution in [0.4, 0.5) is 15.9 Å². The largest absolute Gasteiger partial charge is 0.353 e. The topological polar surface area (TPSA) is 101 Å². The molecule has 10 heteroatoms. The molecular formula is C22H23FN8O. The number of hydrogen-bond acceptors (Lipinski definition) is 7. The molecule has 1 saturated heterocycles. The van der Waals surface area contributed by atoms with E-state index in [4.69, 9.17) is 0 Å². The third kappa shape index (κ3) is 3.62. The first-order valence-corrected chi connectivity index (χ1v) is 10.4. The number of halogens is 1. The zero-order valence-electron chi connectivity index (χ0n) is 18.0. The number of amides is 1. The van der Waals surface area contributed by atoms with Gasteiger partial charge in [-0.05, 0) is 26.0 Å². The van der Waals surface area contributed by atoms with E-state index in [1.165, 1.54) is 23.3 Å². The van der Waals surface area contributed by atoms with Gasteiger partial charge in [0, 0.05) is 61.9 Å². The fraction of sp³-hybridized carbons (Fsp3) is 0.318. The Labute approximate surface area is 183 Å². The molecule has 32 heavy (non-hydrogen) atoms. The van der Waals surface area contributed by atoms with Crippen LogP contribution in [-0.4, -0.2) is 55.8 Å². The maximum Gasteiger partial charge on any atom is 0.259 e. The normalized spacial score (nSPS) is 18.9. The van der Waals surface area contributed by atoms with E-state index in [1.807, 2.05) is 0 Å². The van der Waals surface area contributed by atoms with E-state index in [9.17, 15) is 9.18 Å². The van der Waals surface area contributed by atoms with Crippen molar-refractivity contribution in [3.8, 4) is 0 Å². The molecule has 0 bridgehead atoms. The molecule has 1 fully saturated rings. The van der Waals surface area contributed by atoms with E-state index in [-0.39, 0.29) is 5.52 Å². The van der Waals surface area contributed by atoms with Gasteiger partial charge in [-0.1, -0.05) is 0 Å². The van der Waals surface area contributed by atoms with E-state index in [1.54, 1.807) is 25.5 Å². The molecule has 164 valence electrons. The molecule has 0 radical (unpaired) electrons. The number of anilines is 2. The van der Waals surface area contributed by atoms with Crippen LogP contribution in [0, 0.1) is 5.82 Å². The van der Waals surface area contributed by atoms with Gasteiger partial charge in [-0.3, -0.25) is 9.48 Å². The fourth-order valence-corrected chi connectivity index (χ4v) is 4.36. The summed E-state index contributed by atoms with van der Waals surface area (Å²) in [4.78, 5) is 28.4. The number of rotatable bonds is 3. The molecule has 3 aromatic heterocycles. The molecule has 5 rings (SSSR count). The quantitative estimate of drug-likeness (QED) is 0.511. The van der Waals surface area contributed by atoms with E-state index in [0.29, 0.717) is 39.6 Å². The highest BCUT2D eigenvalue weighted by molar-refractivity contribution is 6.13. The van der Waals surface area contributed by atoms with Crippen molar-refractivity contribution in [3.05, 3.63) is 48.4 Å². The number of aromatic nitrogens is 5. The molecule has 1 aliphatic rings. The second-order valence-electron chi connectivity index (χ2n) is 8.31. The zero-order chi connectivity index (χ0) is 22.4. The first kappa shape index (κ1) is 20.3. The summed E-state index contributed by atoms with van der Waals surface area (Å²) in [5.74, 6) is -0.168. The Morgan fingerprint density at radius 2 is 1.94 bits per heavy atom. The van der Waals surface area contributed by atoms with Crippen molar-refractivity contribution in [3.63, 3.8) is 0 Å². The van der Waals surface area contributed by atoms with Crippen molar-refractivity contribution in [1.82, 2.24) is 30.0 Å². The monoisotopic (exact) mass is 434 g/mol. The van der Waals surface area contributed by atoms with Crippen molar-refractivity contribution in [2.24, 2.45) is 7.05 Å². The molecule has 1 aromatic carbocycles. The zero-order valence-corrected chi connectivity index (χ0v) is 18.0. The summed E-state index contributed by atoms with van der Waals surface area (Å²) in [5.41, 5.74) is 1.40. The lowest BCUT2D eigenvalue weighted by atomic mass is 10.1. The highest BCUT2D eigenvalue weighted by Gasteiger charge is 2.25. The molecule has 1 aliphatic heterocycles. The van der Waals surface area contributed by atoms with Gasteiger partial charge in [0.05, 0.1) is 16.5 Å². The van der Waals surface area contributed by atoms with Crippen molar-refractivity contribution in [2.45, 2.75) is 25.9 Å². The molecule has 2 N–H and O–H groups in total. The summed E-state index contributed by atoms with van der Waals surface area (Å²) in [6.45, 7) is 5.83. The van der Waals surface area contributed by atoms with Crippen LogP contribution >= 0.6 is 0 Å². The number of aryl methyl sites for hydroxylation is 1. The molecule has 9 nitrogen and oxygen atoms in total. The van der Waals surface area contributed by atoms with E-state index in [2.05, 4.69) is 49.4 Å². The third-order valence-corrected chi connectivity index (χ3v) is 5.56. The number of benzene rings is 1. The maximum absolute atomic E-state index is 14.4. The summed E-state index contributed by atoms with van der Waals surface area (Å²) in [6.07, 6.45) is 6.31. The van der Waals surface area contributed by atoms with Crippen LogP contribution in [0.15, 0.2) is 37.1 Å². The van der Waals surface area contributed by atoms with Gasteiger partial charge in [0.15, 0.2) is 5.82 Å². The molecule has 1 amide bonds. The Morgan fingerprint density at radius 1 is 1.16 bits per heavy atom. The Morgan fingerprint density at radius 3 is 2.72 bits per heavy atom. The predicted molar refractivity (Wildman–Crippen MR) is 120 cm³/mol. The molecule has 4 aromatic rings. The van der Waals surface area contributed by atoms with E-state index in [0.717, 1.165) is 18.9 Å². The first-order valence-electron chi connectivity index (χ1n) is 10.4. The number of nitrogens with one attached hydrogen (secondary N) is 2. The van der Waals surface area contributed by atoms with Gasteiger partial charge >= 0.3 is 0 Å². The number of hydrogen-bond donors (Lipinski definition) is 2. The lowest BCUT2D eigenvalue weighted by Crippen LogP contribution is -2.54. The Kier molecular flexibility index (Phi) is 4.93. The SMILES string of the molecule is C[C@@H]1CN(c2ncc(C(=O)Nc3cc(F)c4nn(C)cc4c3)c3ncncc23)C[C@H](C)N1. The van der Waals surface area contributed by atoms with Crippen molar-refractivity contribution in [1.29, 1.82) is 0 Å².